The molecule has 1 fully saturated rings. The number of ether oxygens (including phenoxy) is 1. The van der Waals surface area contributed by atoms with Crippen molar-refractivity contribution < 1.29 is 9.13 Å². The molecule has 0 radical (unpaired) electrons. The van der Waals surface area contributed by atoms with Gasteiger partial charge in [-0.05, 0) is 61.5 Å². The van der Waals surface area contributed by atoms with E-state index in [1.54, 1.807) is 13.2 Å². The van der Waals surface area contributed by atoms with Gasteiger partial charge in [0.15, 0.2) is 5.11 Å². The van der Waals surface area contributed by atoms with Crippen LogP contribution in [0.3, 0.4) is 0 Å². The lowest BCUT2D eigenvalue weighted by Gasteiger charge is -2.37. The second-order valence-corrected chi connectivity index (χ2v) is 6.88. The first kappa shape index (κ1) is 18.5. The highest BCUT2D eigenvalue weighted by Crippen LogP contribution is 2.28. The predicted octanol–water partition coefficient (Wildman–Crippen LogP) is 3.97. The van der Waals surface area contributed by atoms with Crippen LogP contribution in [0.15, 0.2) is 36.4 Å². The molecule has 1 heterocycles. The first-order chi connectivity index (χ1) is 12.5. The number of piperazine rings is 1. The highest BCUT2D eigenvalue weighted by molar-refractivity contribution is 7.80. The Bertz CT molecular complexity index is 804. The molecular formula is C20H24FN3OS. The number of thiocarbonyl (C=S) groups is 1. The minimum atomic E-state index is -0.179. The SMILES string of the molecule is COc1cc(C)c(C)cc1NC(=S)N1CCN(c2ccccc2F)CC1. The molecule has 6 heteroatoms. The Labute approximate surface area is 159 Å². The van der Waals surface area contributed by atoms with Crippen LogP contribution in [0.5, 0.6) is 5.75 Å². The molecule has 0 bridgehead atoms. The van der Waals surface area contributed by atoms with Crippen molar-refractivity contribution in [3.05, 3.63) is 53.3 Å². The molecule has 26 heavy (non-hydrogen) atoms. The van der Waals surface area contributed by atoms with Crippen molar-refractivity contribution in [3.63, 3.8) is 0 Å². The fourth-order valence-electron chi connectivity index (χ4n) is 3.11. The third-order valence-corrected chi connectivity index (χ3v) is 5.18. The Morgan fingerprint density at radius 2 is 1.73 bits per heavy atom. The number of hydrogen-bond acceptors (Lipinski definition) is 3. The van der Waals surface area contributed by atoms with Gasteiger partial charge in [0.25, 0.3) is 0 Å². The maximum atomic E-state index is 14.0. The fraction of sp³-hybridized carbons (Fsp3) is 0.350. The van der Waals surface area contributed by atoms with E-state index in [4.69, 9.17) is 17.0 Å². The molecular weight excluding hydrogens is 349 g/mol. The Morgan fingerprint density at radius 3 is 2.38 bits per heavy atom. The van der Waals surface area contributed by atoms with Gasteiger partial charge in [-0.15, -0.1) is 0 Å². The van der Waals surface area contributed by atoms with E-state index in [2.05, 4.69) is 35.0 Å². The summed E-state index contributed by atoms with van der Waals surface area (Å²) in [6.07, 6.45) is 0. The molecule has 0 aromatic heterocycles. The van der Waals surface area contributed by atoms with Gasteiger partial charge in [0.05, 0.1) is 18.5 Å². The largest absolute Gasteiger partial charge is 0.495 e. The molecule has 1 N–H and O–H groups in total. The van der Waals surface area contributed by atoms with E-state index in [-0.39, 0.29) is 5.82 Å². The molecule has 0 unspecified atom stereocenters. The van der Waals surface area contributed by atoms with Crippen molar-refractivity contribution in [2.24, 2.45) is 0 Å². The van der Waals surface area contributed by atoms with Gasteiger partial charge in [0.2, 0.25) is 0 Å². The highest BCUT2D eigenvalue weighted by Gasteiger charge is 2.21. The van der Waals surface area contributed by atoms with E-state index in [0.717, 1.165) is 37.6 Å². The number of hydrogen-bond donors (Lipinski definition) is 1. The average Bonchev–Trinajstić information content (AvgIpc) is 2.65. The van der Waals surface area contributed by atoms with E-state index < -0.39 is 0 Å². The first-order valence-electron chi connectivity index (χ1n) is 8.70. The molecule has 4 nitrogen and oxygen atoms in total. The maximum absolute atomic E-state index is 14.0. The van der Waals surface area contributed by atoms with Gasteiger partial charge in [-0.1, -0.05) is 12.1 Å². The van der Waals surface area contributed by atoms with Crippen molar-refractivity contribution in [3.8, 4) is 5.75 Å². The lowest BCUT2D eigenvalue weighted by molar-refractivity contribution is 0.388. The van der Waals surface area contributed by atoms with Gasteiger partial charge in [-0.25, -0.2) is 4.39 Å². The summed E-state index contributed by atoms with van der Waals surface area (Å²) >= 11 is 5.59. The number of methoxy groups -OCH3 is 1. The van der Waals surface area contributed by atoms with E-state index in [9.17, 15) is 4.39 Å². The number of nitrogens with zero attached hydrogens (tertiary/aromatic N) is 2. The van der Waals surface area contributed by atoms with E-state index in [1.807, 2.05) is 18.2 Å². The number of benzene rings is 2. The molecule has 138 valence electrons. The minimum Gasteiger partial charge on any atom is -0.495 e. The lowest BCUT2D eigenvalue weighted by Crippen LogP contribution is -2.50. The third kappa shape index (κ3) is 3.90. The molecule has 2 aromatic rings. The molecule has 0 spiro atoms. The second-order valence-electron chi connectivity index (χ2n) is 6.49. The van der Waals surface area contributed by atoms with E-state index in [1.165, 1.54) is 17.2 Å². The van der Waals surface area contributed by atoms with Crippen molar-refractivity contribution in [2.75, 3.05) is 43.5 Å². The fourth-order valence-corrected chi connectivity index (χ4v) is 3.40. The van der Waals surface area contributed by atoms with Crippen LogP contribution in [0.1, 0.15) is 11.1 Å². The first-order valence-corrected chi connectivity index (χ1v) is 9.11. The molecule has 0 amide bonds. The van der Waals surface area contributed by atoms with E-state index >= 15 is 0 Å². The van der Waals surface area contributed by atoms with E-state index in [0.29, 0.717) is 10.8 Å². The van der Waals surface area contributed by atoms with Crippen LogP contribution in [0.25, 0.3) is 0 Å². The number of anilines is 2. The maximum Gasteiger partial charge on any atom is 0.173 e. The van der Waals surface area contributed by atoms with Crippen LogP contribution in [0.4, 0.5) is 15.8 Å². The summed E-state index contributed by atoms with van der Waals surface area (Å²) in [6.45, 7) is 7.07. The molecule has 3 rings (SSSR count). The normalized spacial score (nSPS) is 14.3. The number of aryl methyl sites for hydroxylation is 2. The number of para-hydroxylation sites is 1. The number of rotatable bonds is 3. The topological polar surface area (TPSA) is 27.7 Å². The van der Waals surface area contributed by atoms with Gasteiger partial charge < -0.3 is 19.9 Å². The molecule has 0 atom stereocenters. The lowest BCUT2D eigenvalue weighted by atomic mass is 10.1. The zero-order valence-corrected chi connectivity index (χ0v) is 16.2. The van der Waals surface area contributed by atoms with Crippen molar-refractivity contribution in [1.29, 1.82) is 0 Å². The third-order valence-electron chi connectivity index (χ3n) is 4.82. The summed E-state index contributed by atoms with van der Waals surface area (Å²) in [4.78, 5) is 4.17. The van der Waals surface area contributed by atoms with Crippen LogP contribution in [-0.4, -0.2) is 43.3 Å². The number of halogens is 1. The molecule has 1 aliphatic heterocycles. The van der Waals surface area contributed by atoms with Crippen LogP contribution >= 0.6 is 12.2 Å². The molecule has 2 aromatic carbocycles. The summed E-state index contributed by atoms with van der Waals surface area (Å²) in [6, 6.07) is 11.0. The monoisotopic (exact) mass is 373 g/mol. The quantitative estimate of drug-likeness (QED) is 0.822. The smallest absolute Gasteiger partial charge is 0.173 e. The molecule has 1 aliphatic rings. The second kappa shape index (κ2) is 7.91. The summed E-state index contributed by atoms with van der Waals surface area (Å²) in [5, 5.41) is 3.97. The van der Waals surface area contributed by atoms with Crippen LogP contribution in [0, 0.1) is 19.7 Å². The zero-order chi connectivity index (χ0) is 18.7. The predicted molar refractivity (Wildman–Crippen MR) is 109 cm³/mol. The van der Waals surface area contributed by atoms with Gasteiger partial charge in [0, 0.05) is 26.2 Å². The number of nitrogens with one attached hydrogen (secondary N) is 1. The average molecular weight is 373 g/mol. The summed E-state index contributed by atoms with van der Waals surface area (Å²) in [5.74, 6) is 0.599. The Kier molecular flexibility index (Phi) is 5.61. The van der Waals surface area contributed by atoms with Crippen molar-refractivity contribution in [2.45, 2.75) is 13.8 Å². The Morgan fingerprint density at radius 1 is 1.08 bits per heavy atom. The van der Waals surface area contributed by atoms with Gasteiger partial charge in [0.1, 0.15) is 11.6 Å². The van der Waals surface area contributed by atoms with Gasteiger partial charge in [-0.2, -0.15) is 0 Å². The summed E-state index contributed by atoms with van der Waals surface area (Å²) in [7, 11) is 1.66. The molecule has 1 saturated heterocycles. The standard InChI is InChI=1S/C20H24FN3OS/c1-14-12-17(19(25-3)13-15(14)2)22-20(26)24-10-8-23(9-11-24)18-7-5-4-6-16(18)21/h4-7,12-13H,8-11H2,1-3H3,(H,22,26). The Hall–Kier alpha value is -2.34. The van der Waals surface area contributed by atoms with Crippen LogP contribution in [-0.2, 0) is 0 Å². The summed E-state index contributed by atoms with van der Waals surface area (Å²) < 4.78 is 19.4. The van der Waals surface area contributed by atoms with Crippen molar-refractivity contribution in [1.82, 2.24) is 4.90 Å². The highest BCUT2D eigenvalue weighted by atomic mass is 32.1. The van der Waals surface area contributed by atoms with Crippen molar-refractivity contribution >= 4 is 28.7 Å². The van der Waals surface area contributed by atoms with Crippen LogP contribution < -0.4 is 15.0 Å². The summed E-state index contributed by atoms with van der Waals surface area (Å²) in [5.41, 5.74) is 3.89. The van der Waals surface area contributed by atoms with Gasteiger partial charge in [-0.3, -0.25) is 0 Å². The van der Waals surface area contributed by atoms with Gasteiger partial charge >= 0.3 is 0 Å². The van der Waals surface area contributed by atoms with Crippen LogP contribution in [0.2, 0.25) is 0 Å². The zero-order valence-electron chi connectivity index (χ0n) is 15.4. The molecule has 0 saturated carbocycles. The molecule has 0 aliphatic carbocycles. The Balaban J connectivity index is 1.64. The minimum absolute atomic E-state index is 0.179.